The zero-order valence-corrected chi connectivity index (χ0v) is 6.63. The molecule has 1 heterocycles. The van der Waals surface area contributed by atoms with Crippen LogP contribution in [0, 0.1) is 11.7 Å². The van der Waals surface area contributed by atoms with Gasteiger partial charge in [-0.15, -0.1) is 0 Å². The van der Waals surface area contributed by atoms with E-state index < -0.39 is 0 Å². The van der Waals surface area contributed by atoms with Gasteiger partial charge in [-0.25, -0.2) is 14.4 Å². The molecule has 1 aromatic rings. The van der Waals surface area contributed by atoms with Gasteiger partial charge in [-0.1, -0.05) is 0 Å². The van der Waals surface area contributed by atoms with Gasteiger partial charge in [0.15, 0.2) is 11.6 Å². The molecule has 1 aliphatic rings. The van der Waals surface area contributed by atoms with Crippen LogP contribution in [0.3, 0.4) is 0 Å². The van der Waals surface area contributed by atoms with E-state index in [1.807, 2.05) is 0 Å². The zero-order chi connectivity index (χ0) is 8.39. The Bertz CT molecular complexity index is 273. The minimum Gasteiger partial charge on any atom is -0.367 e. The van der Waals surface area contributed by atoms with Crippen LogP contribution in [-0.4, -0.2) is 16.5 Å². The third-order valence-corrected chi connectivity index (χ3v) is 1.92. The molecular weight excluding hydrogens is 157 g/mol. The lowest BCUT2D eigenvalue weighted by Crippen LogP contribution is -2.06. The number of aromatic nitrogens is 2. The van der Waals surface area contributed by atoms with Crippen molar-refractivity contribution in [3.8, 4) is 0 Å². The first-order valence-corrected chi connectivity index (χ1v) is 4.05. The highest BCUT2D eigenvalue weighted by molar-refractivity contribution is 5.33. The Morgan fingerprint density at radius 1 is 1.58 bits per heavy atom. The van der Waals surface area contributed by atoms with Crippen LogP contribution in [0.1, 0.15) is 12.8 Å². The minimum atomic E-state index is -0.377. The molecule has 1 N–H and O–H groups in total. The molecule has 0 spiro atoms. The van der Waals surface area contributed by atoms with Gasteiger partial charge in [-0.3, -0.25) is 0 Å². The van der Waals surface area contributed by atoms with E-state index in [0.717, 1.165) is 12.5 Å². The average molecular weight is 167 g/mol. The molecule has 0 aliphatic heterocycles. The molecule has 0 saturated heterocycles. The molecule has 1 aromatic heterocycles. The molecule has 1 aliphatic carbocycles. The van der Waals surface area contributed by atoms with E-state index in [0.29, 0.717) is 5.82 Å². The van der Waals surface area contributed by atoms with E-state index >= 15 is 0 Å². The molecule has 0 unspecified atom stereocenters. The van der Waals surface area contributed by atoms with Gasteiger partial charge >= 0.3 is 0 Å². The van der Waals surface area contributed by atoms with Crippen molar-refractivity contribution in [2.24, 2.45) is 5.92 Å². The second-order valence-corrected chi connectivity index (χ2v) is 3.04. The quantitative estimate of drug-likeness (QED) is 0.740. The molecule has 3 nitrogen and oxygen atoms in total. The van der Waals surface area contributed by atoms with Gasteiger partial charge in [0, 0.05) is 6.54 Å². The third kappa shape index (κ3) is 1.69. The molecule has 1 fully saturated rings. The number of nitrogens with zero attached hydrogens (tertiary/aromatic N) is 2. The minimum absolute atomic E-state index is 0.317. The molecule has 0 bridgehead atoms. The summed E-state index contributed by atoms with van der Waals surface area (Å²) in [5.41, 5.74) is 0. The standard InChI is InChI=1S/C8H10FN3/c9-7-4-10-5-12-8(7)11-3-6-1-2-6/h4-6H,1-3H2,(H,10,11,12). The summed E-state index contributed by atoms with van der Waals surface area (Å²) in [6.45, 7) is 0.827. The maximum absolute atomic E-state index is 12.9. The highest BCUT2D eigenvalue weighted by Crippen LogP contribution is 2.28. The molecule has 0 amide bonds. The topological polar surface area (TPSA) is 37.8 Å². The van der Waals surface area contributed by atoms with Crippen molar-refractivity contribution in [1.82, 2.24) is 9.97 Å². The molecule has 0 atom stereocenters. The summed E-state index contributed by atoms with van der Waals surface area (Å²) in [7, 11) is 0. The largest absolute Gasteiger partial charge is 0.367 e. The predicted octanol–water partition coefficient (Wildman–Crippen LogP) is 1.44. The van der Waals surface area contributed by atoms with Crippen LogP contribution < -0.4 is 5.32 Å². The predicted molar refractivity (Wildman–Crippen MR) is 43.2 cm³/mol. The Morgan fingerprint density at radius 3 is 3.08 bits per heavy atom. The number of anilines is 1. The maximum Gasteiger partial charge on any atom is 0.183 e. The summed E-state index contributed by atoms with van der Waals surface area (Å²) >= 11 is 0. The average Bonchev–Trinajstić information content (AvgIpc) is 2.86. The number of nitrogens with one attached hydrogen (secondary N) is 1. The third-order valence-electron chi connectivity index (χ3n) is 1.92. The van der Waals surface area contributed by atoms with Crippen LogP contribution in [0.15, 0.2) is 12.5 Å². The first-order valence-electron chi connectivity index (χ1n) is 4.05. The Labute approximate surface area is 70.0 Å². The summed E-state index contributed by atoms with van der Waals surface area (Å²) in [6.07, 6.45) is 5.01. The summed E-state index contributed by atoms with van der Waals surface area (Å²) in [5, 5.41) is 2.95. The number of rotatable bonds is 3. The van der Waals surface area contributed by atoms with Gasteiger partial charge in [0.1, 0.15) is 6.33 Å². The van der Waals surface area contributed by atoms with E-state index in [-0.39, 0.29) is 5.82 Å². The van der Waals surface area contributed by atoms with E-state index in [1.165, 1.54) is 25.4 Å². The van der Waals surface area contributed by atoms with Crippen molar-refractivity contribution in [2.75, 3.05) is 11.9 Å². The number of halogens is 1. The molecule has 0 aromatic carbocycles. The van der Waals surface area contributed by atoms with Gasteiger partial charge in [0.2, 0.25) is 0 Å². The molecule has 4 heteroatoms. The first-order chi connectivity index (χ1) is 5.86. The van der Waals surface area contributed by atoms with Crippen LogP contribution in [0.2, 0.25) is 0 Å². The number of hydrogen-bond donors (Lipinski definition) is 1. The van der Waals surface area contributed by atoms with Crippen molar-refractivity contribution in [3.63, 3.8) is 0 Å². The van der Waals surface area contributed by atoms with E-state index in [9.17, 15) is 4.39 Å². The first kappa shape index (κ1) is 7.46. The maximum atomic E-state index is 12.9. The van der Waals surface area contributed by atoms with Gasteiger partial charge in [-0.05, 0) is 18.8 Å². The highest BCUT2D eigenvalue weighted by atomic mass is 19.1. The molecule has 2 rings (SSSR count). The summed E-state index contributed by atoms with van der Waals surface area (Å²) in [6, 6.07) is 0. The van der Waals surface area contributed by atoms with Crippen molar-refractivity contribution >= 4 is 5.82 Å². The summed E-state index contributed by atoms with van der Waals surface area (Å²) in [5.74, 6) is 0.661. The fourth-order valence-corrected chi connectivity index (χ4v) is 1.01. The second-order valence-electron chi connectivity index (χ2n) is 3.04. The summed E-state index contributed by atoms with van der Waals surface area (Å²) in [4.78, 5) is 7.34. The molecule has 64 valence electrons. The smallest absolute Gasteiger partial charge is 0.183 e. The Hall–Kier alpha value is -1.19. The van der Waals surface area contributed by atoms with E-state index in [4.69, 9.17) is 0 Å². The lowest BCUT2D eigenvalue weighted by molar-refractivity contribution is 0.615. The van der Waals surface area contributed by atoms with Crippen molar-refractivity contribution in [3.05, 3.63) is 18.3 Å². The molecule has 12 heavy (non-hydrogen) atoms. The van der Waals surface area contributed by atoms with Crippen LogP contribution in [0.5, 0.6) is 0 Å². The highest BCUT2D eigenvalue weighted by Gasteiger charge is 2.21. The fourth-order valence-electron chi connectivity index (χ4n) is 1.01. The van der Waals surface area contributed by atoms with Crippen LogP contribution >= 0.6 is 0 Å². The number of hydrogen-bond acceptors (Lipinski definition) is 3. The van der Waals surface area contributed by atoms with Gasteiger partial charge in [-0.2, -0.15) is 0 Å². The summed E-state index contributed by atoms with van der Waals surface area (Å²) < 4.78 is 12.9. The monoisotopic (exact) mass is 167 g/mol. The molecule has 1 saturated carbocycles. The van der Waals surface area contributed by atoms with Crippen molar-refractivity contribution < 1.29 is 4.39 Å². The van der Waals surface area contributed by atoms with Crippen LogP contribution in [0.25, 0.3) is 0 Å². The van der Waals surface area contributed by atoms with Crippen molar-refractivity contribution in [1.29, 1.82) is 0 Å². The fraction of sp³-hybridized carbons (Fsp3) is 0.500. The van der Waals surface area contributed by atoms with Gasteiger partial charge in [0.05, 0.1) is 6.20 Å². The normalized spacial score (nSPS) is 16.1. The van der Waals surface area contributed by atoms with Crippen molar-refractivity contribution in [2.45, 2.75) is 12.8 Å². The Kier molecular flexibility index (Phi) is 1.89. The van der Waals surface area contributed by atoms with Gasteiger partial charge in [0.25, 0.3) is 0 Å². The van der Waals surface area contributed by atoms with Gasteiger partial charge < -0.3 is 5.32 Å². The van der Waals surface area contributed by atoms with Crippen LogP contribution in [0.4, 0.5) is 10.2 Å². The van der Waals surface area contributed by atoms with Crippen LogP contribution in [-0.2, 0) is 0 Å². The van der Waals surface area contributed by atoms with E-state index in [2.05, 4.69) is 15.3 Å². The Morgan fingerprint density at radius 2 is 2.42 bits per heavy atom. The van der Waals surface area contributed by atoms with E-state index in [1.54, 1.807) is 0 Å². The molecule has 0 radical (unpaired) electrons. The lowest BCUT2D eigenvalue weighted by atomic mass is 10.4. The lowest BCUT2D eigenvalue weighted by Gasteiger charge is -2.03. The SMILES string of the molecule is Fc1cncnc1NCC1CC1. The molecular formula is C8H10FN3. The zero-order valence-electron chi connectivity index (χ0n) is 6.63. The Balaban J connectivity index is 1.96. The second kappa shape index (κ2) is 3.05.